The molecular weight excluding hydrogens is 305 g/mol. The first-order valence-corrected chi connectivity index (χ1v) is 7.78. The highest BCUT2D eigenvalue weighted by Gasteiger charge is 2.33. The van der Waals surface area contributed by atoms with Gasteiger partial charge in [0, 0.05) is 25.7 Å². The summed E-state index contributed by atoms with van der Waals surface area (Å²) in [4.78, 5) is 14.0. The maximum atomic E-state index is 13.1. The lowest BCUT2D eigenvalue weighted by molar-refractivity contribution is 0.0783. The van der Waals surface area contributed by atoms with Gasteiger partial charge in [0.15, 0.2) is 0 Å². The number of hydrogen-bond acceptors (Lipinski definition) is 3. The Balaban J connectivity index is 1.98. The maximum Gasteiger partial charge on any atom is 0.255 e. The molecule has 2 rings (SSSR count). The summed E-state index contributed by atoms with van der Waals surface area (Å²) in [5.41, 5.74) is 7.00. The van der Waals surface area contributed by atoms with Crippen LogP contribution in [0.25, 0.3) is 0 Å². The first-order valence-electron chi connectivity index (χ1n) is 7.40. The minimum Gasteiger partial charge on any atom is -0.340 e. The number of nitrogens with one attached hydrogen (secondary N) is 2. The number of hydrogen-bond donors (Lipinski definition) is 2. The number of carbonyl (C=O) groups is 1. The highest BCUT2D eigenvalue weighted by atomic mass is 35.5. The number of hydrazine groups is 1. The van der Waals surface area contributed by atoms with E-state index in [2.05, 4.69) is 31.6 Å². The first-order chi connectivity index (χ1) is 10.2. The van der Waals surface area contributed by atoms with Crippen LogP contribution in [0.2, 0.25) is 5.02 Å². The Labute approximate surface area is 136 Å². The zero-order valence-corrected chi connectivity index (χ0v) is 14.2. The lowest BCUT2D eigenvalue weighted by Gasteiger charge is -2.26. The molecule has 6 heteroatoms. The number of benzene rings is 1. The van der Waals surface area contributed by atoms with E-state index in [4.69, 9.17) is 11.6 Å². The molecular formula is C16H23ClFN3O. The summed E-state index contributed by atoms with van der Waals surface area (Å²) in [7, 11) is 1.73. The van der Waals surface area contributed by atoms with Crippen LogP contribution in [0.1, 0.15) is 37.6 Å². The van der Waals surface area contributed by atoms with Crippen molar-refractivity contribution < 1.29 is 9.18 Å². The van der Waals surface area contributed by atoms with Crippen LogP contribution in [0.4, 0.5) is 4.39 Å². The fraction of sp³-hybridized carbons (Fsp3) is 0.562. The Morgan fingerprint density at radius 2 is 2.09 bits per heavy atom. The van der Waals surface area contributed by atoms with Crippen LogP contribution < -0.4 is 10.9 Å². The van der Waals surface area contributed by atoms with Crippen LogP contribution in [0.15, 0.2) is 18.2 Å². The van der Waals surface area contributed by atoms with Gasteiger partial charge in [-0.15, -0.1) is 0 Å². The van der Waals surface area contributed by atoms with Gasteiger partial charge in [-0.3, -0.25) is 15.6 Å². The molecule has 0 bridgehead atoms. The largest absolute Gasteiger partial charge is 0.340 e. The van der Waals surface area contributed by atoms with E-state index in [0.29, 0.717) is 18.2 Å². The second kappa shape index (κ2) is 6.52. The molecule has 122 valence electrons. The number of nitrogens with zero attached hydrogens (tertiary/aromatic N) is 1. The smallest absolute Gasteiger partial charge is 0.255 e. The van der Waals surface area contributed by atoms with Crippen LogP contribution in [-0.2, 0) is 0 Å². The van der Waals surface area contributed by atoms with Crippen LogP contribution in [0.5, 0.6) is 0 Å². The standard InChI is InChI=1S/C16H23ClFN3O/c1-16(2,3)14-8-11(19-20-14)9-21(4)15(22)12-6-5-10(18)7-13(12)17/h5-7,11,14,19-20H,8-9H2,1-4H3. The van der Waals surface area contributed by atoms with Gasteiger partial charge in [0.25, 0.3) is 5.91 Å². The summed E-state index contributed by atoms with van der Waals surface area (Å²) in [5, 5.41) is 0.141. The van der Waals surface area contributed by atoms with Gasteiger partial charge in [-0.05, 0) is 30.0 Å². The Kier molecular flexibility index (Phi) is 5.10. The van der Waals surface area contributed by atoms with E-state index in [1.807, 2.05) is 0 Å². The molecule has 1 heterocycles. The van der Waals surface area contributed by atoms with E-state index < -0.39 is 5.82 Å². The van der Waals surface area contributed by atoms with E-state index in [0.717, 1.165) is 12.5 Å². The number of amides is 1. The van der Waals surface area contributed by atoms with E-state index in [9.17, 15) is 9.18 Å². The number of likely N-dealkylation sites (N-methyl/N-ethyl adjacent to an activating group) is 1. The maximum absolute atomic E-state index is 13.1. The summed E-state index contributed by atoms with van der Waals surface area (Å²) in [6.45, 7) is 7.11. The van der Waals surface area contributed by atoms with Crippen LogP contribution in [-0.4, -0.2) is 36.5 Å². The molecule has 0 spiro atoms. The fourth-order valence-corrected chi connectivity index (χ4v) is 2.84. The Bertz CT molecular complexity index is 559. The number of halogens is 2. The summed E-state index contributed by atoms with van der Waals surface area (Å²) in [5.74, 6) is -0.648. The molecule has 1 aromatic carbocycles. The zero-order chi connectivity index (χ0) is 16.5. The van der Waals surface area contributed by atoms with Gasteiger partial charge in [-0.1, -0.05) is 32.4 Å². The average Bonchev–Trinajstić information content (AvgIpc) is 2.86. The Morgan fingerprint density at radius 1 is 1.41 bits per heavy atom. The van der Waals surface area contributed by atoms with Crippen molar-refractivity contribution in [1.29, 1.82) is 0 Å². The molecule has 2 unspecified atom stereocenters. The van der Waals surface area contributed by atoms with E-state index in [1.165, 1.54) is 12.1 Å². The molecule has 1 aromatic rings. The van der Waals surface area contributed by atoms with Gasteiger partial charge in [-0.2, -0.15) is 0 Å². The fourth-order valence-electron chi connectivity index (χ4n) is 2.59. The SMILES string of the molecule is CN(CC1CC(C(C)(C)C)NN1)C(=O)c1ccc(F)cc1Cl. The van der Waals surface area contributed by atoms with Gasteiger partial charge in [-0.25, -0.2) is 4.39 Å². The van der Waals surface area contributed by atoms with Crippen molar-refractivity contribution in [2.24, 2.45) is 5.41 Å². The molecule has 2 atom stereocenters. The van der Waals surface area contributed by atoms with E-state index >= 15 is 0 Å². The third kappa shape index (κ3) is 3.97. The third-order valence-electron chi connectivity index (χ3n) is 4.03. The molecule has 2 N–H and O–H groups in total. The average molecular weight is 328 g/mol. The molecule has 0 saturated carbocycles. The van der Waals surface area contributed by atoms with Gasteiger partial charge < -0.3 is 4.90 Å². The van der Waals surface area contributed by atoms with Gasteiger partial charge in [0.1, 0.15) is 5.82 Å². The lowest BCUT2D eigenvalue weighted by atomic mass is 9.84. The molecule has 1 aliphatic heterocycles. The molecule has 1 saturated heterocycles. The number of carbonyl (C=O) groups excluding carboxylic acids is 1. The van der Waals surface area contributed by atoms with Crippen molar-refractivity contribution in [1.82, 2.24) is 15.8 Å². The van der Waals surface area contributed by atoms with Crippen molar-refractivity contribution in [2.75, 3.05) is 13.6 Å². The molecule has 22 heavy (non-hydrogen) atoms. The Morgan fingerprint density at radius 3 is 2.64 bits per heavy atom. The molecule has 0 radical (unpaired) electrons. The summed E-state index contributed by atoms with van der Waals surface area (Å²) in [6.07, 6.45) is 0.943. The number of rotatable bonds is 3. The highest BCUT2D eigenvalue weighted by Crippen LogP contribution is 2.26. The molecule has 1 amide bonds. The van der Waals surface area contributed by atoms with Crippen LogP contribution in [0, 0.1) is 11.2 Å². The topological polar surface area (TPSA) is 44.4 Å². The van der Waals surface area contributed by atoms with Gasteiger partial charge in [0.2, 0.25) is 0 Å². The van der Waals surface area contributed by atoms with Crippen molar-refractivity contribution >= 4 is 17.5 Å². The van der Waals surface area contributed by atoms with Crippen LogP contribution in [0.3, 0.4) is 0 Å². The minimum absolute atomic E-state index is 0.141. The first kappa shape index (κ1) is 17.2. The summed E-state index contributed by atoms with van der Waals surface area (Å²) in [6, 6.07) is 4.37. The van der Waals surface area contributed by atoms with Gasteiger partial charge in [0.05, 0.1) is 10.6 Å². The zero-order valence-electron chi connectivity index (χ0n) is 13.4. The highest BCUT2D eigenvalue weighted by molar-refractivity contribution is 6.33. The van der Waals surface area contributed by atoms with Crippen LogP contribution >= 0.6 is 11.6 Å². The predicted molar refractivity (Wildman–Crippen MR) is 86.3 cm³/mol. The molecule has 4 nitrogen and oxygen atoms in total. The second-order valence-electron chi connectivity index (χ2n) is 6.95. The van der Waals surface area contributed by atoms with E-state index in [-0.39, 0.29) is 22.4 Å². The Hall–Kier alpha value is -1.17. The normalized spacial score (nSPS) is 21.9. The predicted octanol–water partition coefficient (Wildman–Crippen LogP) is 2.83. The van der Waals surface area contributed by atoms with E-state index in [1.54, 1.807) is 11.9 Å². The third-order valence-corrected chi connectivity index (χ3v) is 4.34. The quantitative estimate of drug-likeness (QED) is 0.897. The molecule has 1 fully saturated rings. The van der Waals surface area contributed by atoms with Crippen molar-refractivity contribution in [3.05, 3.63) is 34.6 Å². The molecule has 0 aliphatic carbocycles. The summed E-state index contributed by atoms with van der Waals surface area (Å²) >= 11 is 5.95. The minimum atomic E-state index is -0.445. The second-order valence-corrected chi connectivity index (χ2v) is 7.36. The molecule has 1 aliphatic rings. The summed E-state index contributed by atoms with van der Waals surface area (Å²) < 4.78 is 13.1. The molecule has 0 aromatic heterocycles. The van der Waals surface area contributed by atoms with Crippen molar-refractivity contribution in [3.8, 4) is 0 Å². The lowest BCUT2D eigenvalue weighted by Crippen LogP contribution is -2.42. The van der Waals surface area contributed by atoms with Crippen molar-refractivity contribution in [3.63, 3.8) is 0 Å². The monoisotopic (exact) mass is 327 g/mol. The van der Waals surface area contributed by atoms with Crippen molar-refractivity contribution in [2.45, 2.75) is 39.3 Å². The van der Waals surface area contributed by atoms with Gasteiger partial charge >= 0.3 is 0 Å².